The van der Waals surface area contributed by atoms with E-state index < -0.39 is 11.8 Å². The average molecular weight is 188 g/mol. The molecule has 1 heterocycles. The number of ether oxygens (including phenoxy) is 2. The fourth-order valence-electron chi connectivity index (χ4n) is 1.37. The molecule has 70 valence electrons. The van der Waals surface area contributed by atoms with E-state index in [-0.39, 0.29) is 6.61 Å². The molecule has 0 amide bonds. The van der Waals surface area contributed by atoms with Gasteiger partial charge in [-0.2, -0.15) is 0 Å². The Morgan fingerprint density at radius 1 is 1.36 bits per heavy atom. The predicted octanol–water partition coefficient (Wildman–Crippen LogP) is 1.68. The van der Waals surface area contributed by atoms with Gasteiger partial charge in [-0.1, -0.05) is 36.3 Å². The highest BCUT2D eigenvalue weighted by atomic mass is 16.8. The maximum absolute atomic E-state index is 10.9. The third-order valence-corrected chi connectivity index (χ3v) is 2.12. The smallest absolute Gasteiger partial charge is 0.428 e. The van der Waals surface area contributed by atoms with Crippen LogP contribution in [0.5, 0.6) is 0 Å². The summed E-state index contributed by atoms with van der Waals surface area (Å²) in [4.78, 5) is 10.9. The first-order valence-corrected chi connectivity index (χ1v) is 4.16. The van der Waals surface area contributed by atoms with Gasteiger partial charge in [-0.25, -0.2) is 4.79 Å². The van der Waals surface area contributed by atoms with Gasteiger partial charge in [-0.05, 0) is 0 Å². The third kappa shape index (κ3) is 1.21. The van der Waals surface area contributed by atoms with E-state index in [1.54, 1.807) is 0 Å². The van der Waals surface area contributed by atoms with Gasteiger partial charge in [0.1, 0.15) is 0 Å². The fraction of sp³-hybridized carbons (Fsp3) is 0.182. The molecule has 0 saturated carbocycles. The summed E-state index contributed by atoms with van der Waals surface area (Å²) in [6, 6.07) is 9.15. The second kappa shape index (κ2) is 3.08. The van der Waals surface area contributed by atoms with Crippen molar-refractivity contribution in [2.24, 2.45) is 0 Å². The van der Waals surface area contributed by atoms with Crippen molar-refractivity contribution >= 4 is 6.16 Å². The number of rotatable bonds is 1. The number of hydrogen-bond donors (Lipinski definition) is 0. The van der Waals surface area contributed by atoms with Crippen molar-refractivity contribution in [1.82, 2.24) is 0 Å². The third-order valence-electron chi connectivity index (χ3n) is 2.12. The van der Waals surface area contributed by atoms with E-state index in [1.165, 1.54) is 0 Å². The summed E-state index contributed by atoms with van der Waals surface area (Å²) >= 11 is 0. The van der Waals surface area contributed by atoms with E-state index in [2.05, 4.69) is 5.92 Å². The molecule has 0 spiro atoms. The van der Waals surface area contributed by atoms with Crippen molar-refractivity contribution in [1.29, 1.82) is 0 Å². The quantitative estimate of drug-likeness (QED) is 0.497. The Morgan fingerprint density at radius 2 is 2.07 bits per heavy atom. The summed E-state index contributed by atoms with van der Waals surface area (Å²) in [5, 5.41) is 0. The molecule has 0 radical (unpaired) electrons. The highest BCUT2D eigenvalue weighted by Crippen LogP contribution is 2.30. The molecule has 2 rings (SSSR count). The first-order valence-electron chi connectivity index (χ1n) is 4.16. The van der Waals surface area contributed by atoms with Crippen molar-refractivity contribution in [2.45, 2.75) is 5.60 Å². The van der Waals surface area contributed by atoms with E-state index in [1.807, 2.05) is 30.3 Å². The van der Waals surface area contributed by atoms with Crippen LogP contribution in [0.25, 0.3) is 0 Å². The molecule has 0 N–H and O–H groups in total. The highest BCUT2D eigenvalue weighted by molar-refractivity contribution is 5.64. The van der Waals surface area contributed by atoms with E-state index in [4.69, 9.17) is 15.9 Å². The van der Waals surface area contributed by atoms with Crippen molar-refractivity contribution in [3.63, 3.8) is 0 Å². The normalized spacial score (nSPS) is 24.9. The van der Waals surface area contributed by atoms with Gasteiger partial charge < -0.3 is 9.47 Å². The average Bonchev–Trinajstić information content (AvgIpc) is 2.63. The van der Waals surface area contributed by atoms with E-state index in [0.717, 1.165) is 5.56 Å². The lowest BCUT2D eigenvalue weighted by Crippen LogP contribution is -2.26. The zero-order chi connectivity index (χ0) is 10.0. The minimum atomic E-state index is -1.04. The molecule has 1 fully saturated rings. The maximum atomic E-state index is 10.9. The zero-order valence-electron chi connectivity index (χ0n) is 7.40. The molecule has 1 aromatic rings. The van der Waals surface area contributed by atoms with Gasteiger partial charge in [0, 0.05) is 5.56 Å². The van der Waals surface area contributed by atoms with Crippen molar-refractivity contribution in [2.75, 3.05) is 6.61 Å². The number of carbonyl (C=O) groups is 1. The molecule has 1 aliphatic rings. The lowest BCUT2D eigenvalue weighted by atomic mass is 9.96. The summed E-state index contributed by atoms with van der Waals surface area (Å²) in [7, 11) is 0. The molecule has 1 saturated heterocycles. The van der Waals surface area contributed by atoms with Crippen LogP contribution in [0.15, 0.2) is 30.3 Å². The van der Waals surface area contributed by atoms with E-state index in [9.17, 15) is 4.79 Å². The van der Waals surface area contributed by atoms with Crippen molar-refractivity contribution in [3.8, 4) is 12.3 Å². The topological polar surface area (TPSA) is 35.5 Å². The Morgan fingerprint density at radius 3 is 2.57 bits per heavy atom. The maximum Gasteiger partial charge on any atom is 0.510 e. The Balaban J connectivity index is 2.41. The van der Waals surface area contributed by atoms with Gasteiger partial charge in [0.2, 0.25) is 5.60 Å². The molecular weight excluding hydrogens is 180 g/mol. The first-order chi connectivity index (χ1) is 6.77. The second-order valence-electron chi connectivity index (χ2n) is 2.98. The van der Waals surface area contributed by atoms with Crippen LogP contribution < -0.4 is 0 Å². The van der Waals surface area contributed by atoms with Crippen LogP contribution in [0.3, 0.4) is 0 Å². The minimum Gasteiger partial charge on any atom is -0.428 e. The van der Waals surface area contributed by atoms with Crippen LogP contribution >= 0.6 is 0 Å². The van der Waals surface area contributed by atoms with Gasteiger partial charge >= 0.3 is 6.16 Å². The summed E-state index contributed by atoms with van der Waals surface area (Å²) < 4.78 is 9.70. The number of carbonyl (C=O) groups excluding carboxylic acids is 1. The van der Waals surface area contributed by atoms with Gasteiger partial charge in [0.05, 0.1) is 0 Å². The van der Waals surface area contributed by atoms with Crippen LogP contribution in [0.4, 0.5) is 4.79 Å². The minimum absolute atomic E-state index is 0.0757. The van der Waals surface area contributed by atoms with Gasteiger partial charge in [0.15, 0.2) is 6.61 Å². The molecular formula is C11H8O3. The molecule has 1 aliphatic heterocycles. The van der Waals surface area contributed by atoms with Crippen molar-refractivity contribution < 1.29 is 14.3 Å². The lowest BCUT2D eigenvalue weighted by Gasteiger charge is -2.18. The van der Waals surface area contributed by atoms with Crippen LogP contribution in [-0.4, -0.2) is 12.8 Å². The lowest BCUT2D eigenvalue weighted by molar-refractivity contribution is 0.0940. The SMILES string of the molecule is C#CC1(c2ccccc2)COC(=O)O1. The fourth-order valence-corrected chi connectivity index (χ4v) is 1.37. The molecule has 3 nitrogen and oxygen atoms in total. The number of cyclic esters (lactones) is 2. The number of benzene rings is 1. The molecule has 3 heteroatoms. The van der Waals surface area contributed by atoms with Crippen LogP contribution in [-0.2, 0) is 15.1 Å². The molecule has 1 unspecified atom stereocenters. The monoisotopic (exact) mass is 188 g/mol. The summed E-state index contributed by atoms with van der Waals surface area (Å²) in [5.74, 6) is 2.46. The second-order valence-corrected chi connectivity index (χ2v) is 2.98. The molecule has 14 heavy (non-hydrogen) atoms. The van der Waals surface area contributed by atoms with Crippen LogP contribution in [0, 0.1) is 12.3 Å². The molecule has 1 aromatic carbocycles. The Bertz CT molecular complexity index is 391. The van der Waals surface area contributed by atoms with Gasteiger partial charge in [0.25, 0.3) is 0 Å². The van der Waals surface area contributed by atoms with Crippen LogP contribution in [0.2, 0.25) is 0 Å². The van der Waals surface area contributed by atoms with Gasteiger partial charge in [-0.15, -0.1) is 6.42 Å². The molecule has 1 atom stereocenters. The highest BCUT2D eigenvalue weighted by Gasteiger charge is 2.42. The Kier molecular flexibility index (Phi) is 1.90. The van der Waals surface area contributed by atoms with E-state index >= 15 is 0 Å². The molecule has 0 aromatic heterocycles. The largest absolute Gasteiger partial charge is 0.510 e. The van der Waals surface area contributed by atoms with E-state index in [0.29, 0.717) is 0 Å². The number of hydrogen-bond acceptors (Lipinski definition) is 3. The summed E-state index contributed by atoms with van der Waals surface area (Å²) in [6.45, 7) is 0.0757. The van der Waals surface area contributed by atoms with Crippen molar-refractivity contribution in [3.05, 3.63) is 35.9 Å². The number of terminal acetylenes is 1. The summed E-state index contributed by atoms with van der Waals surface area (Å²) in [6.07, 6.45) is 4.64. The Hall–Kier alpha value is -1.95. The van der Waals surface area contributed by atoms with Crippen LogP contribution in [0.1, 0.15) is 5.56 Å². The van der Waals surface area contributed by atoms with Gasteiger partial charge in [-0.3, -0.25) is 0 Å². The molecule has 0 aliphatic carbocycles. The molecule has 0 bridgehead atoms. The summed E-state index contributed by atoms with van der Waals surface area (Å²) in [5.41, 5.74) is -0.286. The predicted molar refractivity (Wildman–Crippen MR) is 49.4 cm³/mol. The standard InChI is InChI=1S/C11H8O3/c1-2-11(8-13-10(12)14-11)9-6-4-3-5-7-9/h1,3-7H,8H2. The Labute approximate surface area is 81.6 Å². The zero-order valence-corrected chi connectivity index (χ0v) is 7.40. The first kappa shape index (κ1) is 8.64.